The predicted octanol–water partition coefficient (Wildman–Crippen LogP) is 7.10. The van der Waals surface area contributed by atoms with Crippen LogP contribution < -0.4 is 16.0 Å². The van der Waals surface area contributed by atoms with Gasteiger partial charge in [0.15, 0.2) is 0 Å². The largest absolute Gasteiger partial charge is 0.354 e. The summed E-state index contributed by atoms with van der Waals surface area (Å²) in [6.07, 6.45) is 3.81. The van der Waals surface area contributed by atoms with Crippen molar-refractivity contribution < 1.29 is 9.59 Å². The Morgan fingerprint density at radius 1 is 0.833 bits per heavy atom. The zero-order valence-electron chi connectivity index (χ0n) is 23.9. The highest BCUT2D eigenvalue weighted by Crippen LogP contribution is 2.38. The van der Waals surface area contributed by atoms with Crippen molar-refractivity contribution in [2.45, 2.75) is 38.8 Å². The number of hydrogen-bond donors (Lipinski definition) is 3. The number of likely N-dealkylation sites (tertiary alicyclic amines) is 1. The fourth-order valence-corrected chi connectivity index (χ4v) is 5.81. The van der Waals surface area contributed by atoms with E-state index in [2.05, 4.69) is 39.0 Å². The molecule has 6 rings (SSSR count). The van der Waals surface area contributed by atoms with Crippen molar-refractivity contribution in [2.75, 3.05) is 23.7 Å². The summed E-state index contributed by atoms with van der Waals surface area (Å²) in [4.78, 5) is 29.3. The summed E-state index contributed by atoms with van der Waals surface area (Å²) in [5, 5.41) is 9.69. The average Bonchev–Trinajstić information content (AvgIpc) is 3.36. The number of fused-ring (bicyclic) bond motifs is 1. The van der Waals surface area contributed by atoms with Crippen LogP contribution in [0.3, 0.4) is 0 Å². The normalized spacial score (nSPS) is 16.7. The molecule has 0 spiro atoms. The molecule has 0 radical (unpaired) electrons. The van der Waals surface area contributed by atoms with Crippen LogP contribution in [0.1, 0.15) is 64.8 Å². The zero-order chi connectivity index (χ0) is 28.9. The van der Waals surface area contributed by atoms with Crippen LogP contribution in [0.25, 0.3) is 11.3 Å². The van der Waals surface area contributed by atoms with Crippen molar-refractivity contribution in [3.8, 4) is 0 Å². The average molecular weight is 557 g/mol. The number of benzene rings is 4. The van der Waals surface area contributed by atoms with Crippen molar-refractivity contribution in [1.82, 2.24) is 10.2 Å². The Bertz CT molecular complexity index is 1610. The molecule has 42 heavy (non-hydrogen) atoms. The Labute approximate surface area is 247 Å². The van der Waals surface area contributed by atoms with Gasteiger partial charge in [0, 0.05) is 29.0 Å². The highest BCUT2D eigenvalue weighted by atomic mass is 16.2. The van der Waals surface area contributed by atoms with Crippen LogP contribution in [0.15, 0.2) is 103 Å². The first kappa shape index (κ1) is 27.5. The van der Waals surface area contributed by atoms with Crippen LogP contribution in [0, 0.1) is 0 Å². The molecule has 0 saturated carbocycles. The maximum atomic E-state index is 13.5. The van der Waals surface area contributed by atoms with E-state index < -0.39 is 0 Å². The lowest BCUT2D eigenvalue weighted by Crippen LogP contribution is -2.29. The first-order valence-corrected chi connectivity index (χ1v) is 14.7. The minimum atomic E-state index is -0.198. The van der Waals surface area contributed by atoms with Gasteiger partial charge in [0.1, 0.15) is 0 Å². The summed E-state index contributed by atoms with van der Waals surface area (Å²) >= 11 is 0. The third kappa shape index (κ3) is 6.14. The van der Waals surface area contributed by atoms with Gasteiger partial charge < -0.3 is 16.0 Å². The summed E-state index contributed by atoms with van der Waals surface area (Å²) < 4.78 is 0. The van der Waals surface area contributed by atoms with E-state index in [1.165, 1.54) is 24.8 Å². The molecule has 0 unspecified atom stereocenters. The molecule has 1 saturated heterocycles. The molecule has 1 fully saturated rings. The van der Waals surface area contributed by atoms with Crippen molar-refractivity contribution in [3.05, 3.63) is 131 Å². The SMILES string of the molecule is C[C@H](NC(=O)c1ccc2c(c1)/C(=C(/Nc1cccc(CN3CCCCC3)c1)c1ccccc1)C(=O)N2)c1ccccc1. The Hall–Kier alpha value is -4.68. The molecule has 4 aromatic carbocycles. The van der Waals surface area contributed by atoms with Gasteiger partial charge in [-0.3, -0.25) is 14.5 Å². The highest BCUT2D eigenvalue weighted by Gasteiger charge is 2.29. The number of carbonyl (C=O) groups excluding carboxylic acids is 2. The van der Waals surface area contributed by atoms with Gasteiger partial charge in [-0.25, -0.2) is 0 Å². The number of amides is 2. The fourth-order valence-electron chi connectivity index (χ4n) is 5.81. The number of piperidine rings is 1. The number of rotatable bonds is 8. The zero-order valence-corrected chi connectivity index (χ0v) is 23.9. The number of anilines is 2. The maximum absolute atomic E-state index is 13.5. The lowest BCUT2D eigenvalue weighted by molar-refractivity contribution is -0.110. The molecule has 3 N–H and O–H groups in total. The molecule has 2 aliphatic rings. The molecule has 1 atom stereocenters. The van der Waals surface area contributed by atoms with Crippen molar-refractivity contribution in [1.29, 1.82) is 0 Å². The molecule has 4 aromatic rings. The summed E-state index contributed by atoms with van der Waals surface area (Å²) in [5.41, 5.74) is 7.20. The molecule has 6 heteroatoms. The van der Waals surface area contributed by atoms with E-state index in [1.807, 2.05) is 85.8 Å². The highest BCUT2D eigenvalue weighted by molar-refractivity contribution is 6.37. The van der Waals surface area contributed by atoms with Crippen LogP contribution in [0.5, 0.6) is 0 Å². The Balaban J connectivity index is 1.33. The van der Waals surface area contributed by atoms with Crippen molar-refractivity contribution in [2.24, 2.45) is 0 Å². The van der Waals surface area contributed by atoms with E-state index in [1.54, 1.807) is 6.07 Å². The van der Waals surface area contributed by atoms with Gasteiger partial charge in [-0.05, 0) is 79.9 Å². The molecule has 212 valence electrons. The number of nitrogens with zero attached hydrogens (tertiary/aromatic N) is 1. The predicted molar refractivity (Wildman–Crippen MR) is 170 cm³/mol. The minimum Gasteiger partial charge on any atom is -0.354 e. The molecule has 0 aliphatic carbocycles. The van der Waals surface area contributed by atoms with E-state index in [0.29, 0.717) is 28.1 Å². The van der Waals surface area contributed by atoms with Gasteiger partial charge in [0.05, 0.1) is 17.3 Å². The summed E-state index contributed by atoms with van der Waals surface area (Å²) in [6, 6.07) is 33.4. The minimum absolute atomic E-state index is 0.152. The first-order valence-electron chi connectivity index (χ1n) is 14.7. The quantitative estimate of drug-likeness (QED) is 0.203. The lowest BCUT2D eigenvalue weighted by Gasteiger charge is -2.26. The maximum Gasteiger partial charge on any atom is 0.258 e. The second kappa shape index (κ2) is 12.5. The monoisotopic (exact) mass is 556 g/mol. The summed E-state index contributed by atoms with van der Waals surface area (Å²) in [6.45, 7) is 5.14. The van der Waals surface area contributed by atoms with Gasteiger partial charge in [0.2, 0.25) is 0 Å². The lowest BCUT2D eigenvalue weighted by atomic mass is 9.98. The van der Waals surface area contributed by atoms with E-state index in [4.69, 9.17) is 0 Å². The Kier molecular flexibility index (Phi) is 8.15. The van der Waals surface area contributed by atoms with E-state index in [9.17, 15) is 9.59 Å². The third-order valence-electron chi connectivity index (χ3n) is 8.04. The third-order valence-corrected chi connectivity index (χ3v) is 8.04. The molecular weight excluding hydrogens is 520 g/mol. The van der Waals surface area contributed by atoms with Crippen LogP contribution in [-0.4, -0.2) is 29.8 Å². The standard InChI is InChI=1S/C36H36N4O2/c1-25(27-13-5-2-6-14-27)37-35(41)29-18-19-32-31(23-29)33(36(42)39-32)34(28-15-7-3-8-16-28)38-30-17-11-12-26(22-30)24-40-20-9-4-10-21-40/h2-3,5-8,11-19,22-23,25,38H,4,9-10,20-21,24H2,1H3,(H,37,41)(H,39,42)/b34-33-/t25-/m0/s1. The van der Waals surface area contributed by atoms with Crippen LogP contribution >= 0.6 is 0 Å². The van der Waals surface area contributed by atoms with Gasteiger partial charge in [-0.2, -0.15) is 0 Å². The molecule has 2 aliphatic heterocycles. The molecule has 0 aromatic heterocycles. The Morgan fingerprint density at radius 2 is 1.57 bits per heavy atom. The molecular formula is C36H36N4O2. The molecule has 2 amide bonds. The topological polar surface area (TPSA) is 73.5 Å². The second-order valence-corrected chi connectivity index (χ2v) is 11.1. The van der Waals surface area contributed by atoms with Gasteiger partial charge in [-0.15, -0.1) is 0 Å². The fraction of sp³-hybridized carbons (Fsp3) is 0.222. The second-order valence-electron chi connectivity index (χ2n) is 11.1. The molecule has 0 bridgehead atoms. The van der Waals surface area contributed by atoms with Gasteiger partial charge in [0.25, 0.3) is 11.8 Å². The Morgan fingerprint density at radius 3 is 2.33 bits per heavy atom. The van der Waals surface area contributed by atoms with Crippen molar-refractivity contribution >= 4 is 34.5 Å². The van der Waals surface area contributed by atoms with Crippen LogP contribution in [0.2, 0.25) is 0 Å². The summed E-state index contributed by atoms with van der Waals surface area (Å²) in [5.74, 6) is -0.386. The smallest absolute Gasteiger partial charge is 0.258 e. The van der Waals surface area contributed by atoms with E-state index in [0.717, 1.165) is 36.4 Å². The van der Waals surface area contributed by atoms with Crippen molar-refractivity contribution in [3.63, 3.8) is 0 Å². The van der Waals surface area contributed by atoms with Gasteiger partial charge >= 0.3 is 0 Å². The first-order chi connectivity index (χ1) is 20.5. The molecule has 6 nitrogen and oxygen atoms in total. The van der Waals surface area contributed by atoms with Crippen LogP contribution in [0.4, 0.5) is 11.4 Å². The number of carbonyl (C=O) groups is 2. The summed E-state index contributed by atoms with van der Waals surface area (Å²) in [7, 11) is 0. The van der Waals surface area contributed by atoms with Gasteiger partial charge in [-0.1, -0.05) is 79.2 Å². The van der Waals surface area contributed by atoms with Crippen LogP contribution in [-0.2, 0) is 11.3 Å². The van der Waals surface area contributed by atoms with E-state index >= 15 is 0 Å². The molecule has 2 heterocycles. The number of hydrogen-bond acceptors (Lipinski definition) is 4. The number of nitrogens with one attached hydrogen (secondary N) is 3. The van der Waals surface area contributed by atoms with E-state index in [-0.39, 0.29) is 17.9 Å².